The highest BCUT2D eigenvalue weighted by molar-refractivity contribution is 5.77. The molecule has 7 nitrogen and oxygen atoms in total. The van der Waals surface area contributed by atoms with Gasteiger partial charge >= 0.3 is 5.76 Å². The Morgan fingerprint density at radius 1 is 1.06 bits per heavy atom. The molecule has 1 fully saturated rings. The summed E-state index contributed by atoms with van der Waals surface area (Å²) in [4.78, 5) is 29.3. The van der Waals surface area contributed by atoms with E-state index in [-0.39, 0.29) is 18.4 Å². The number of hydrogen-bond acceptors (Lipinski definition) is 5. The van der Waals surface area contributed by atoms with Crippen LogP contribution in [0.25, 0.3) is 11.1 Å². The van der Waals surface area contributed by atoms with Crippen LogP contribution in [0.3, 0.4) is 0 Å². The zero-order chi connectivity index (χ0) is 22.5. The molecule has 3 aromatic rings. The summed E-state index contributed by atoms with van der Waals surface area (Å²) >= 11 is 0. The van der Waals surface area contributed by atoms with E-state index in [9.17, 15) is 9.59 Å². The molecule has 0 spiro atoms. The van der Waals surface area contributed by atoms with Gasteiger partial charge in [0.1, 0.15) is 0 Å². The van der Waals surface area contributed by atoms with Crippen molar-refractivity contribution >= 4 is 22.7 Å². The van der Waals surface area contributed by atoms with Crippen LogP contribution in [0.1, 0.15) is 25.3 Å². The molecule has 0 bridgehead atoms. The summed E-state index contributed by atoms with van der Waals surface area (Å²) < 4.78 is 6.75. The summed E-state index contributed by atoms with van der Waals surface area (Å²) in [5.74, 6) is -0.462. The lowest BCUT2D eigenvalue weighted by Crippen LogP contribution is -2.47. The molecule has 2 aromatic carbocycles. The molecule has 1 aliphatic heterocycles. The molecule has 170 valence electrons. The Bertz CT molecular complexity index is 1110. The summed E-state index contributed by atoms with van der Waals surface area (Å²) in [5, 5.41) is 3.07. The van der Waals surface area contributed by atoms with Gasteiger partial charge in [-0.2, -0.15) is 0 Å². The van der Waals surface area contributed by atoms with Gasteiger partial charge in [-0.15, -0.1) is 0 Å². The number of carbonyl (C=O) groups is 1. The second kappa shape index (κ2) is 10.0. The van der Waals surface area contributed by atoms with E-state index in [2.05, 4.69) is 46.3 Å². The maximum Gasteiger partial charge on any atom is 0.419 e. The van der Waals surface area contributed by atoms with Gasteiger partial charge in [0, 0.05) is 57.4 Å². The quantitative estimate of drug-likeness (QED) is 0.588. The number of aromatic nitrogens is 1. The van der Waals surface area contributed by atoms with Crippen molar-refractivity contribution in [3.63, 3.8) is 0 Å². The fourth-order valence-corrected chi connectivity index (χ4v) is 4.29. The van der Waals surface area contributed by atoms with E-state index in [1.165, 1.54) is 15.8 Å². The summed E-state index contributed by atoms with van der Waals surface area (Å²) in [6.07, 6.45) is 1.16. The number of anilines is 1. The van der Waals surface area contributed by atoms with Crippen LogP contribution in [0.4, 0.5) is 5.69 Å². The van der Waals surface area contributed by atoms with Gasteiger partial charge in [0.05, 0.1) is 5.52 Å². The van der Waals surface area contributed by atoms with Crippen LogP contribution < -0.4 is 16.0 Å². The van der Waals surface area contributed by atoms with E-state index in [4.69, 9.17) is 4.42 Å². The van der Waals surface area contributed by atoms with Crippen molar-refractivity contribution in [2.24, 2.45) is 0 Å². The maximum atomic E-state index is 12.4. The average molecular weight is 437 g/mol. The lowest BCUT2D eigenvalue weighted by atomic mass is 10.1. The van der Waals surface area contributed by atoms with Gasteiger partial charge in [-0.05, 0) is 50.1 Å². The first-order valence-corrected chi connectivity index (χ1v) is 11.4. The second-order valence-electron chi connectivity index (χ2n) is 8.66. The van der Waals surface area contributed by atoms with Crippen LogP contribution in [0.2, 0.25) is 0 Å². The van der Waals surface area contributed by atoms with Crippen LogP contribution in [0, 0.1) is 6.92 Å². The third-order valence-corrected chi connectivity index (χ3v) is 6.16. The van der Waals surface area contributed by atoms with Crippen LogP contribution in [-0.2, 0) is 11.3 Å². The Hall–Kier alpha value is -3.06. The van der Waals surface area contributed by atoms with Crippen LogP contribution in [0.5, 0.6) is 0 Å². The van der Waals surface area contributed by atoms with Crippen LogP contribution in [0.15, 0.2) is 57.7 Å². The van der Waals surface area contributed by atoms with Gasteiger partial charge in [0.25, 0.3) is 0 Å². The number of fused-ring (bicyclic) bond motifs is 1. The number of carbonyl (C=O) groups excluding carboxylic acids is 1. The number of rotatable bonds is 8. The molecule has 4 rings (SSSR count). The Labute approximate surface area is 188 Å². The van der Waals surface area contributed by atoms with Crippen molar-refractivity contribution < 1.29 is 9.21 Å². The third-order valence-electron chi connectivity index (χ3n) is 6.16. The van der Waals surface area contributed by atoms with Crippen LogP contribution in [-0.4, -0.2) is 54.1 Å². The molecule has 1 aromatic heterocycles. The SMILES string of the molecule is Cc1cccc(N2CCN(CCC(C)NC(=O)CCn3c(=O)oc4ccccc43)CC2)c1. The Balaban J connectivity index is 1.18. The smallest absolute Gasteiger partial charge is 0.408 e. The minimum absolute atomic E-state index is 0.0426. The molecule has 0 radical (unpaired) electrons. The fourth-order valence-electron chi connectivity index (χ4n) is 4.29. The largest absolute Gasteiger partial charge is 0.419 e. The first kappa shape index (κ1) is 22.1. The van der Waals surface area contributed by atoms with Gasteiger partial charge < -0.3 is 14.6 Å². The molecule has 1 atom stereocenters. The van der Waals surface area contributed by atoms with Crippen molar-refractivity contribution in [2.75, 3.05) is 37.6 Å². The monoisotopic (exact) mass is 436 g/mol. The molecule has 32 heavy (non-hydrogen) atoms. The molecule has 7 heteroatoms. The van der Waals surface area contributed by atoms with Crippen molar-refractivity contribution in [3.8, 4) is 0 Å². The predicted molar refractivity (Wildman–Crippen MR) is 127 cm³/mol. The van der Waals surface area contributed by atoms with Gasteiger partial charge in [-0.1, -0.05) is 24.3 Å². The lowest BCUT2D eigenvalue weighted by molar-refractivity contribution is -0.121. The molecule has 1 unspecified atom stereocenters. The van der Waals surface area contributed by atoms with E-state index in [0.717, 1.165) is 44.7 Å². The van der Waals surface area contributed by atoms with E-state index in [1.54, 1.807) is 6.07 Å². The van der Waals surface area contributed by atoms with Gasteiger partial charge in [0.15, 0.2) is 5.58 Å². The van der Waals surface area contributed by atoms with Crippen molar-refractivity contribution in [1.29, 1.82) is 0 Å². The van der Waals surface area contributed by atoms with E-state index < -0.39 is 5.76 Å². The number of para-hydroxylation sites is 2. The molecule has 1 amide bonds. The average Bonchev–Trinajstić information content (AvgIpc) is 3.11. The summed E-state index contributed by atoms with van der Waals surface area (Å²) in [6.45, 7) is 9.57. The number of nitrogens with one attached hydrogen (secondary N) is 1. The molecule has 0 aliphatic carbocycles. The predicted octanol–water partition coefficient (Wildman–Crippen LogP) is 3.01. The molecule has 0 saturated carbocycles. The topological polar surface area (TPSA) is 70.7 Å². The van der Waals surface area contributed by atoms with Crippen LogP contribution >= 0.6 is 0 Å². The van der Waals surface area contributed by atoms with E-state index in [1.807, 2.05) is 25.1 Å². The normalized spacial score (nSPS) is 15.8. The van der Waals surface area contributed by atoms with Crippen molar-refractivity contribution in [2.45, 2.75) is 39.3 Å². The highest BCUT2D eigenvalue weighted by Crippen LogP contribution is 2.18. The van der Waals surface area contributed by atoms with E-state index >= 15 is 0 Å². The molecule has 2 heterocycles. The number of nitrogens with zero attached hydrogens (tertiary/aromatic N) is 3. The van der Waals surface area contributed by atoms with E-state index in [0.29, 0.717) is 12.1 Å². The zero-order valence-electron chi connectivity index (χ0n) is 18.9. The number of amides is 1. The zero-order valence-corrected chi connectivity index (χ0v) is 18.9. The van der Waals surface area contributed by atoms with Crippen molar-refractivity contribution in [1.82, 2.24) is 14.8 Å². The summed E-state index contributed by atoms with van der Waals surface area (Å²) in [6, 6.07) is 16.0. The minimum Gasteiger partial charge on any atom is -0.408 e. The number of aryl methyl sites for hydroxylation is 2. The number of oxazole rings is 1. The Morgan fingerprint density at radius 3 is 2.62 bits per heavy atom. The second-order valence-corrected chi connectivity index (χ2v) is 8.66. The highest BCUT2D eigenvalue weighted by Gasteiger charge is 2.18. The first-order chi connectivity index (χ1) is 15.5. The fraction of sp³-hybridized carbons (Fsp3) is 0.440. The summed E-state index contributed by atoms with van der Waals surface area (Å²) in [7, 11) is 0. The maximum absolute atomic E-state index is 12.4. The molecule has 1 aliphatic rings. The Kier molecular flexibility index (Phi) is 6.95. The molecular weight excluding hydrogens is 404 g/mol. The van der Waals surface area contributed by atoms with Gasteiger partial charge in [-0.3, -0.25) is 14.3 Å². The minimum atomic E-state index is -0.420. The Morgan fingerprint density at radius 2 is 1.84 bits per heavy atom. The lowest BCUT2D eigenvalue weighted by Gasteiger charge is -2.36. The molecular formula is C25H32N4O3. The van der Waals surface area contributed by atoms with Gasteiger partial charge in [0.2, 0.25) is 5.91 Å². The third kappa shape index (κ3) is 5.40. The van der Waals surface area contributed by atoms with Crippen molar-refractivity contribution in [3.05, 3.63) is 64.6 Å². The number of benzene rings is 2. The number of piperazine rings is 1. The molecule has 1 N–H and O–H groups in total. The summed E-state index contributed by atoms with van der Waals surface area (Å²) in [5.41, 5.74) is 3.87. The number of hydrogen-bond donors (Lipinski definition) is 1. The highest BCUT2D eigenvalue weighted by atomic mass is 16.4. The first-order valence-electron chi connectivity index (χ1n) is 11.4. The molecule has 1 saturated heterocycles. The standard InChI is InChI=1S/C25H32N4O3/c1-19-6-5-7-21(18-19)28-16-14-27(15-17-28)12-10-20(2)26-24(30)11-13-29-22-8-3-4-9-23(22)32-25(29)31/h3-9,18,20H,10-17H2,1-2H3,(H,26,30). The van der Waals surface area contributed by atoms with Gasteiger partial charge in [-0.25, -0.2) is 4.79 Å².